The van der Waals surface area contributed by atoms with Crippen molar-refractivity contribution in [3.63, 3.8) is 0 Å². The molecule has 156 valence electrons. The summed E-state index contributed by atoms with van der Waals surface area (Å²) < 4.78 is 11.4. The molecule has 3 N–H and O–H groups in total. The first kappa shape index (κ1) is 22.0. The molecule has 8 nitrogen and oxygen atoms in total. The van der Waals surface area contributed by atoms with Gasteiger partial charge in [-0.05, 0) is 31.9 Å². The number of urea groups is 1. The van der Waals surface area contributed by atoms with Gasteiger partial charge in [0.25, 0.3) is 0 Å². The van der Waals surface area contributed by atoms with Crippen LogP contribution in [0.15, 0.2) is 18.2 Å². The molecule has 1 fully saturated rings. The number of carbonyl (C=O) groups excluding carboxylic acids is 2. The Morgan fingerprint density at radius 2 is 1.89 bits per heavy atom. The molecule has 1 aliphatic rings. The number of imide groups is 1. The van der Waals surface area contributed by atoms with Crippen LogP contribution in [0.5, 0.6) is 11.5 Å². The number of hydrogen-bond acceptors (Lipinski definition) is 6. The molecule has 0 unspecified atom stereocenters. The van der Waals surface area contributed by atoms with Crippen LogP contribution in [0.25, 0.3) is 0 Å². The van der Waals surface area contributed by atoms with Crippen molar-refractivity contribution >= 4 is 17.6 Å². The fourth-order valence-corrected chi connectivity index (χ4v) is 2.87. The van der Waals surface area contributed by atoms with Crippen LogP contribution in [0.4, 0.5) is 10.5 Å². The number of hydrogen-bond donors (Lipinski definition) is 3. The SMILES string of the molecule is CCCOc1ccc(NC(=O)NC(=O)CN2CCNC[C@H]2C)cc1OCCC. The Balaban J connectivity index is 1.91. The molecule has 0 saturated carbocycles. The Labute approximate surface area is 166 Å². The van der Waals surface area contributed by atoms with Crippen molar-refractivity contribution in [3.8, 4) is 11.5 Å². The molecule has 0 aromatic heterocycles. The predicted octanol–water partition coefficient (Wildman–Crippen LogP) is 2.21. The van der Waals surface area contributed by atoms with Crippen LogP contribution in [0.2, 0.25) is 0 Å². The minimum atomic E-state index is -0.559. The highest BCUT2D eigenvalue weighted by molar-refractivity contribution is 6.01. The van der Waals surface area contributed by atoms with Gasteiger partial charge in [-0.1, -0.05) is 13.8 Å². The third kappa shape index (κ3) is 7.01. The molecule has 1 atom stereocenters. The maximum atomic E-state index is 12.2. The van der Waals surface area contributed by atoms with Crippen molar-refractivity contribution in [2.75, 3.05) is 44.7 Å². The van der Waals surface area contributed by atoms with Crippen molar-refractivity contribution in [2.24, 2.45) is 0 Å². The van der Waals surface area contributed by atoms with E-state index < -0.39 is 6.03 Å². The van der Waals surface area contributed by atoms with Gasteiger partial charge in [0.1, 0.15) is 0 Å². The van der Waals surface area contributed by atoms with E-state index in [1.807, 2.05) is 13.8 Å². The lowest BCUT2D eigenvalue weighted by molar-refractivity contribution is -0.121. The average molecular weight is 393 g/mol. The minimum Gasteiger partial charge on any atom is -0.490 e. The summed E-state index contributed by atoms with van der Waals surface area (Å²) in [5, 5.41) is 8.34. The molecule has 1 heterocycles. The second-order valence-corrected chi connectivity index (χ2v) is 6.88. The summed E-state index contributed by atoms with van der Waals surface area (Å²) in [6.45, 7) is 9.92. The minimum absolute atomic E-state index is 0.199. The molecule has 1 saturated heterocycles. The van der Waals surface area contributed by atoms with Gasteiger partial charge < -0.3 is 20.1 Å². The van der Waals surface area contributed by atoms with E-state index >= 15 is 0 Å². The average Bonchev–Trinajstić information content (AvgIpc) is 2.67. The Bertz CT molecular complexity index is 653. The summed E-state index contributed by atoms with van der Waals surface area (Å²) in [6.07, 6.45) is 1.76. The number of nitrogens with zero attached hydrogens (tertiary/aromatic N) is 1. The second kappa shape index (κ2) is 11.5. The number of piperazine rings is 1. The number of rotatable bonds is 9. The zero-order valence-electron chi connectivity index (χ0n) is 17.0. The Morgan fingerprint density at radius 3 is 2.57 bits per heavy atom. The Hall–Kier alpha value is -2.32. The summed E-state index contributed by atoms with van der Waals surface area (Å²) >= 11 is 0. The molecule has 0 bridgehead atoms. The van der Waals surface area contributed by atoms with E-state index in [0.717, 1.165) is 32.5 Å². The standard InChI is InChI=1S/C20H32N4O4/c1-4-10-27-17-7-6-16(12-18(17)28-11-5-2)22-20(26)23-19(25)14-24-9-8-21-13-15(24)3/h6-7,12,15,21H,4-5,8-11,13-14H2,1-3H3,(H2,22,23,25,26)/t15-/m1/s1. The van der Waals surface area contributed by atoms with Crippen molar-refractivity contribution in [1.29, 1.82) is 0 Å². The van der Waals surface area contributed by atoms with Gasteiger partial charge in [-0.2, -0.15) is 0 Å². The normalized spacial score (nSPS) is 17.0. The van der Waals surface area contributed by atoms with Crippen LogP contribution < -0.4 is 25.4 Å². The van der Waals surface area contributed by atoms with Crippen LogP contribution >= 0.6 is 0 Å². The van der Waals surface area contributed by atoms with Gasteiger partial charge in [0.05, 0.1) is 19.8 Å². The third-order valence-corrected chi connectivity index (χ3v) is 4.36. The van der Waals surface area contributed by atoms with Crippen LogP contribution in [-0.4, -0.2) is 62.3 Å². The van der Waals surface area contributed by atoms with Crippen LogP contribution in [0, 0.1) is 0 Å². The highest BCUT2D eigenvalue weighted by Gasteiger charge is 2.21. The van der Waals surface area contributed by atoms with E-state index in [1.54, 1.807) is 18.2 Å². The molecule has 1 aliphatic heterocycles. The number of nitrogens with one attached hydrogen (secondary N) is 3. The molecule has 0 spiro atoms. The Morgan fingerprint density at radius 1 is 1.18 bits per heavy atom. The van der Waals surface area contributed by atoms with Crippen molar-refractivity contribution in [2.45, 2.75) is 39.7 Å². The van der Waals surface area contributed by atoms with Gasteiger partial charge in [-0.25, -0.2) is 4.79 Å². The van der Waals surface area contributed by atoms with Gasteiger partial charge >= 0.3 is 6.03 Å². The summed E-state index contributed by atoms with van der Waals surface area (Å²) in [5.74, 6) is 0.899. The lowest BCUT2D eigenvalue weighted by atomic mass is 10.2. The highest BCUT2D eigenvalue weighted by atomic mass is 16.5. The van der Waals surface area contributed by atoms with E-state index in [1.165, 1.54) is 0 Å². The first-order valence-electron chi connectivity index (χ1n) is 9.98. The molecule has 2 rings (SSSR count). The molecule has 28 heavy (non-hydrogen) atoms. The molecular weight excluding hydrogens is 360 g/mol. The molecule has 3 amide bonds. The van der Waals surface area contributed by atoms with E-state index in [4.69, 9.17) is 9.47 Å². The Kier molecular flexibility index (Phi) is 9.03. The topological polar surface area (TPSA) is 91.9 Å². The molecular formula is C20H32N4O4. The van der Waals surface area contributed by atoms with E-state index in [2.05, 4.69) is 27.8 Å². The predicted molar refractivity (Wildman–Crippen MR) is 109 cm³/mol. The third-order valence-electron chi connectivity index (χ3n) is 4.36. The summed E-state index contributed by atoms with van der Waals surface area (Å²) in [5.41, 5.74) is 0.538. The molecule has 0 radical (unpaired) electrons. The quantitative estimate of drug-likeness (QED) is 0.597. The van der Waals surface area contributed by atoms with Crippen molar-refractivity contribution in [3.05, 3.63) is 18.2 Å². The first-order valence-corrected chi connectivity index (χ1v) is 9.98. The van der Waals surface area contributed by atoms with E-state index in [-0.39, 0.29) is 18.5 Å². The van der Waals surface area contributed by atoms with Gasteiger partial charge in [0.2, 0.25) is 5.91 Å². The molecule has 1 aromatic rings. The molecule has 1 aromatic carbocycles. The zero-order chi connectivity index (χ0) is 20.4. The second-order valence-electron chi connectivity index (χ2n) is 6.88. The maximum Gasteiger partial charge on any atom is 0.325 e. The van der Waals surface area contributed by atoms with Crippen molar-refractivity contribution in [1.82, 2.24) is 15.5 Å². The molecule has 8 heteroatoms. The van der Waals surface area contributed by atoms with Gasteiger partial charge in [-0.3, -0.25) is 15.0 Å². The number of ether oxygens (including phenoxy) is 2. The number of anilines is 1. The van der Waals surface area contributed by atoms with E-state index in [9.17, 15) is 9.59 Å². The number of benzene rings is 1. The largest absolute Gasteiger partial charge is 0.490 e. The monoisotopic (exact) mass is 392 g/mol. The molecule has 0 aliphatic carbocycles. The summed E-state index contributed by atoms with van der Waals surface area (Å²) in [7, 11) is 0. The van der Waals surface area contributed by atoms with Gasteiger partial charge in [-0.15, -0.1) is 0 Å². The van der Waals surface area contributed by atoms with Gasteiger partial charge in [0, 0.05) is 37.4 Å². The highest BCUT2D eigenvalue weighted by Crippen LogP contribution is 2.30. The van der Waals surface area contributed by atoms with Crippen molar-refractivity contribution < 1.29 is 19.1 Å². The maximum absolute atomic E-state index is 12.2. The van der Waals surface area contributed by atoms with Crippen LogP contribution in [0.1, 0.15) is 33.6 Å². The van der Waals surface area contributed by atoms with Crippen LogP contribution in [0.3, 0.4) is 0 Å². The summed E-state index contributed by atoms with van der Waals surface area (Å²) in [4.78, 5) is 26.4. The fourth-order valence-electron chi connectivity index (χ4n) is 2.87. The lowest BCUT2D eigenvalue weighted by Gasteiger charge is -2.33. The lowest BCUT2D eigenvalue weighted by Crippen LogP contribution is -2.53. The number of amides is 3. The van der Waals surface area contributed by atoms with Gasteiger partial charge in [0.15, 0.2) is 11.5 Å². The number of carbonyl (C=O) groups is 2. The first-order chi connectivity index (χ1) is 13.5. The summed E-state index contributed by atoms with van der Waals surface area (Å²) in [6, 6.07) is 4.91. The smallest absolute Gasteiger partial charge is 0.325 e. The van der Waals surface area contributed by atoms with E-state index in [0.29, 0.717) is 30.4 Å². The van der Waals surface area contributed by atoms with Crippen LogP contribution in [-0.2, 0) is 4.79 Å². The zero-order valence-corrected chi connectivity index (χ0v) is 17.0. The fraction of sp³-hybridized carbons (Fsp3) is 0.600.